The SMILES string of the molecule is C#CCOCC(O)CN(Cc1c(-c2ccccc2)noc1N(C)C1CCCCC1)CC1CCCO1. The van der Waals surface area contributed by atoms with E-state index in [2.05, 4.69) is 40.1 Å². The van der Waals surface area contributed by atoms with Crippen LogP contribution >= 0.6 is 0 Å². The van der Waals surface area contributed by atoms with Crippen molar-refractivity contribution < 1.29 is 19.1 Å². The molecule has 0 radical (unpaired) electrons. The predicted molar refractivity (Wildman–Crippen MR) is 137 cm³/mol. The van der Waals surface area contributed by atoms with Gasteiger partial charge >= 0.3 is 0 Å². The lowest BCUT2D eigenvalue weighted by molar-refractivity contribution is 0.00958. The molecule has 1 N–H and O–H groups in total. The minimum Gasteiger partial charge on any atom is -0.389 e. The minimum absolute atomic E-state index is 0.161. The van der Waals surface area contributed by atoms with Gasteiger partial charge in [0.25, 0.3) is 0 Å². The van der Waals surface area contributed by atoms with Gasteiger partial charge in [0.1, 0.15) is 12.3 Å². The fourth-order valence-electron chi connectivity index (χ4n) is 5.29. The van der Waals surface area contributed by atoms with Gasteiger partial charge in [0.15, 0.2) is 0 Å². The highest BCUT2D eigenvalue weighted by atomic mass is 16.5. The molecule has 2 fully saturated rings. The van der Waals surface area contributed by atoms with Gasteiger partial charge in [-0.3, -0.25) is 4.90 Å². The number of aromatic nitrogens is 1. The molecule has 1 saturated heterocycles. The zero-order chi connectivity index (χ0) is 24.5. The Balaban J connectivity index is 1.59. The average Bonchev–Trinajstić information content (AvgIpc) is 3.55. The van der Waals surface area contributed by atoms with Crippen molar-refractivity contribution in [3.8, 4) is 23.6 Å². The second-order valence-electron chi connectivity index (χ2n) is 9.79. The van der Waals surface area contributed by atoms with E-state index in [4.69, 9.17) is 20.4 Å². The highest BCUT2D eigenvalue weighted by Crippen LogP contribution is 2.35. The van der Waals surface area contributed by atoms with Crippen molar-refractivity contribution in [1.82, 2.24) is 10.1 Å². The fourth-order valence-corrected chi connectivity index (χ4v) is 5.29. The van der Waals surface area contributed by atoms with Gasteiger partial charge in [-0.2, -0.15) is 0 Å². The Morgan fingerprint density at radius 1 is 1.17 bits per heavy atom. The third-order valence-electron chi connectivity index (χ3n) is 7.09. The molecule has 1 aliphatic heterocycles. The summed E-state index contributed by atoms with van der Waals surface area (Å²) < 4.78 is 17.4. The maximum absolute atomic E-state index is 10.7. The zero-order valence-electron chi connectivity index (χ0n) is 20.9. The summed E-state index contributed by atoms with van der Waals surface area (Å²) in [4.78, 5) is 4.53. The number of anilines is 1. The Kier molecular flexibility index (Phi) is 9.61. The molecule has 2 unspecified atom stereocenters. The summed E-state index contributed by atoms with van der Waals surface area (Å²) in [5.74, 6) is 3.28. The molecule has 1 aromatic heterocycles. The number of terminal acetylenes is 1. The standard InChI is InChI=1S/C28H39N3O4/c1-3-16-33-21-24(32)18-31(19-25-15-10-17-34-25)20-26-27(22-11-6-4-7-12-22)29-35-28(26)30(2)23-13-8-5-9-14-23/h1,4,6-7,11-12,23-25,32H,5,8-10,13-21H2,2H3. The highest BCUT2D eigenvalue weighted by Gasteiger charge is 2.29. The van der Waals surface area contributed by atoms with Crippen LogP contribution in [0.5, 0.6) is 0 Å². The molecule has 2 aromatic rings. The molecule has 2 atom stereocenters. The van der Waals surface area contributed by atoms with E-state index in [0.29, 0.717) is 19.1 Å². The van der Waals surface area contributed by atoms with Crippen LogP contribution in [0.3, 0.4) is 0 Å². The van der Waals surface area contributed by atoms with Crippen LogP contribution in [0.1, 0.15) is 50.5 Å². The van der Waals surface area contributed by atoms with Gasteiger partial charge in [-0.15, -0.1) is 6.42 Å². The smallest absolute Gasteiger partial charge is 0.232 e. The first-order valence-electron chi connectivity index (χ1n) is 13.0. The molecular formula is C28H39N3O4. The summed E-state index contributed by atoms with van der Waals surface area (Å²) >= 11 is 0. The lowest BCUT2D eigenvalue weighted by atomic mass is 9.94. The molecule has 7 heteroatoms. The van der Waals surface area contributed by atoms with Crippen LogP contribution in [-0.4, -0.2) is 73.4 Å². The number of hydrogen-bond donors (Lipinski definition) is 1. The first-order valence-corrected chi connectivity index (χ1v) is 13.0. The summed E-state index contributed by atoms with van der Waals surface area (Å²) in [6.45, 7) is 2.99. The summed E-state index contributed by atoms with van der Waals surface area (Å²) in [5.41, 5.74) is 2.95. The molecule has 7 nitrogen and oxygen atoms in total. The Hall–Kier alpha value is -2.37. The van der Waals surface area contributed by atoms with Crippen molar-refractivity contribution >= 4 is 5.88 Å². The molecule has 1 aliphatic carbocycles. The van der Waals surface area contributed by atoms with Crippen molar-refractivity contribution in [1.29, 1.82) is 0 Å². The molecule has 1 aromatic carbocycles. The Morgan fingerprint density at radius 3 is 2.69 bits per heavy atom. The number of nitrogens with zero attached hydrogens (tertiary/aromatic N) is 3. The normalized spacial score (nSPS) is 19.7. The molecule has 2 heterocycles. The van der Waals surface area contributed by atoms with Crippen LogP contribution in [0.25, 0.3) is 11.3 Å². The number of aliphatic hydroxyl groups excluding tert-OH is 1. The van der Waals surface area contributed by atoms with Crippen LogP contribution in [0.15, 0.2) is 34.9 Å². The van der Waals surface area contributed by atoms with Gasteiger partial charge in [-0.1, -0.05) is 60.7 Å². The maximum Gasteiger partial charge on any atom is 0.232 e. The summed E-state index contributed by atoms with van der Waals surface area (Å²) in [5, 5.41) is 15.2. The first-order chi connectivity index (χ1) is 17.2. The van der Waals surface area contributed by atoms with Gasteiger partial charge < -0.3 is 24.0 Å². The van der Waals surface area contributed by atoms with Gasteiger partial charge in [0.2, 0.25) is 5.88 Å². The number of rotatable bonds is 12. The van der Waals surface area contributed by atoms with Crippen LogP contribution in [0.4, 0.5) is 5.88 Å². The second-order valence-corrected chi connectivity index (χ2v) is 9.79. The number of aliphatic hydroxyl groups is 1. The van der Waals surface area contributed by atoms with Gasteiger partial charge in [0, 0.05) is 44.9 Å². The lowest BCUT2D eigenvalue weighted by Crippen LogP contribution is -2.40. The van der Waals surface area contributed by atoms with Gasteiger partial charge in [0.05, 0.1) is 24.4 Å². The maximum atomic E-state index is 10.7. The number of hydrogen-bond acceptors (Lipinski definition) is 7. The van der Waals surface area contributed by atoms with E-state index in [9.17, 15) is 5.11 Å². The molecule has 0 spiro atoms. The van der Waals surface area contributed by atoms with Crippen LogP contribution in [0, 0.1) is 12.3 Å². The zero-order valence-corrected chi connectivity index (χ0v) is 20.9. The number of ether oxygens (including phenoxy) is 2. The third-order valence-corrected chi connectivity index (χ3v) is 7.09. The topological polar surface area (TPSA) is 71.2 Å². The molecule has 4 rings (SSSR count). The average molecular weight is 482 g/mol. The molecule has 0 amide bonds. The minimum atomic E-state index is -0.649. The van der Waals surface area contributed by atoms with Gasteiger partial charge in [-0.05, 0) is 25.7 Å². The van der Waals surface area contributed by atoms with Crippen LogP contribution < -0.4 is 4.90 Å². The summed E-state index contributed by atoms with van der Waals surface area (Å²) in [7, 11) is 2.13. The molecule has 0 bridgehead atoms. The lowest BCUT2D eigenvalue weighted by Gasteiger charge is -2.32. The fraction of sp³-hybridized carbons (Fsp3) is 0.607. The molecular weight excluding hydrogens is 442 g/mol. The van der Waals surface area contributed by atoms with E-state index < -0.39 is 6.10 Å². The largest absolute Gasteiger partial charge is 0.389 e. The van der Waals surface area contributed by atoms with Crippen LogP contribution in [0.2, 0.25) is 0 Å². The van der Waals surface area contributed by atoms with Crippen molar-refractivity contribution in [2.24, 2.45) is 0 Å². The quantitative estimate of drug-likeness (QED) is 0.361. The first kappa shape index (κ1) is 25.7. The van der Waals surface area contributed by atoms with E-state index >= 15 is 0 Å². The van der Waals surface area contributed by atoms with Crippen LogP contribution in [-0.2, 0) is 16.0 Å². The van der Waals surface area contributed by atoms with E-state index in [0.717, 1.165) is 48.7 Å². The summed E-state index contributed by atoms with van der Waals surface area (Å²) in [6, 6.07) is 10.6. The van der Waals surface area contributed by atoms with Crippen molar-refractivity contribution in [2.45, 2.75) is 69.7 Å². The van der Waals surface area contributed by atoms with Crippen molar-refractivity contribution in [3.05, 3.63) is 35.9 Å². The molecule has 35 heavy (non-hydrogen) atoms. The predicted octanol–water partition coefficient (Wildman–Crippen LogP) is 4.10. The summed E-state index contributed by atoms with van der Waals surface area (Å²) in [6.07, 6.45) is 13.0. The van der Waals surface area contributed by atoms with Gasteiger partial charge in [-0.25, -0.2) is 0 Å². The molecule has 190 valence electrons. The molecule has 1 saturated carbocycles. The Labute approximate surface area is 209 Å². The van der Waals surface area contributed by atoms with E-state index in [1.54, 1.807) is 0 Å². The highest BCUT2D eigenvalue weighted by molar-refractivity contribution is 5.68. The number of benzene rings is 1. The molecule has 2 aliphatic rings. The van der Waals surface area contributed by atoms with Crippen molar-refractivity contribution in [3.63, 3.8) is 0 Å². The van der Waals surface area contributed by atoms with E-state index in [1.165, 1.54) is 32.1 Å². The van der Waals surface area contributed by atoms with E-state index in [-0.39, 0.29) is 19.3 Å². The third kappa shape index (κ3) is 7.08. The second kappa shape index (κ2) is 13.1. The van der Waals surface area contributed by atoms with Crippen molar-refractivity contribution in [2.75, 3.05) is 44.9 Å². The Bertz CT molecular complexity index is 929. The van der Waals surface area contributed by atoms with E-state index in [1.807, 2.05) is 18.2 Å². The Morgan fingerprint density at radius 2 is 1.97 bits per heavy atom. The monoisotopic (exact) mass is 481 g/mol.